The Morgan fingerprint density at radius 1 is 0.929 bits per heavy atom. The van der Waals surface area contributed by atoms with Crippen LogP contribution in [0.2, 0.25) is 0 Å². The van der Waals surface area contributed by atoms with Gasteiger partial charge in [-0.1, -0.05) is 42.1 Å². The number of nitrogens with zero attached hydrogens (tertiary/aromatic N) is 4. The number of rotatable bonds is 6. The predicted molar refractivity (Wildman–Crippen MR) is 103 cm³/mol. The zero-order valence-corrected chi connectivity index (χ0v) is 15.7. The highest BCUT2D eigenvalue weighted by atomic mass is 32.2. The lowest BCUT2D eigenvalue weighted by atomic mass is 10.2. The smallest absolute Gasteiger partial charge is 0.229 e. The van der Waals surface area contributed by atoms with E-state index in [1.54, 1.807) is 12.1 Å². The van der Waals surface area contributed by atoms with Crippen LogP contribution in [0.15, 0.2) is 59.8 Å². The number of hydrogen-bond acceptors (Lipinski definition) is 5. The fraction of sp³-hybridized carbons (Fsp3) is 0.200. The molecule has 6 nitrogen and oxygen atoms in total. The molecule has 1 fully saturated rings. The van der Waals surface area contributed by atoms with Crippen molar-refractivity contribution in [1.82, 2.24) is 19.7 Å². The maximum atomic E-state index is 13.4. The first kappa shape index (κ1) is 18.4. The molecule has 142 valence electrons. The molecule has 3 aromatic rings. The maximum absolute atomic E-state index is 13.4. The Morgan fingerprint density at radius 3 is 2.29 bits per heavy atom. The third-order valence-corrected chi connectivity index (χ3v) is 5.36. The molecular weight excluding hydrogens is 379 g/mol. The van der Waals surface area contributed by atoms with Crippen LogP contribution >= 0.6 is 11.8 Å². The molecule has 0 bridgehead atoms. The van der Waals surface area contributed by atoms with Crippen molar-refractivity contribution < 1.29 is 14.0 Å². The van der Waals surface area contributed by atoms with Gasteiger partial charge in [-0.25, -0.2) is 4.39 Å². The van der Waals surface area contributed by atoms with Crippen LogP contribution in [0.25, 0.3) is 17.1 Å². The van der Waals surface area contributed by atoms with E-state index in [9.17, 15) is 14.0 Å². The number of aromatic nitrogens is 3. The van der Waals surface area contributed by atoms with E-state index in [1.165, 1.54) is 28.8 Å². The normalized spacial score (nSPS) is 14.1. The molecule has 0 saturated carbocycles. The average molecular weight is 396 g/mol. The van der Waals surface area contributed by atoms with Gasteiger partial charge in [-0.15, -0.1) is 10.2 Å². The predicted octanol–water partition coefficient (Wildman–Crippen LogP) is 3.31. The van der Waals surface area contributed by atoms with Gasteiger partial charge in [0.1, 0.15) is 5.82 Å². The molecule has 8 heteroatoms. The number of benzene rings is 2. The van der Waals surface area contributed by atoms with Gasteiger partial charge in [0, 0.05) is 36.4 Å². The molecule has 0 spiro atoms. The lowest BCUT2D eigenvalue weighted by Gasteiger charge is -2.14. The van der Waals surface area contributed by atoms with Gasteiger partial charge in [0.25, 0.3) is 0 Å². The summed E-state index contributed by atoms with van der Waals surface area (Å²) in [5.74, 6) is 0.568. The lowest BCUT2D eigenvalue weighted by Crippen LogP contribution is -2.31. The maximum Gasteiger partial charge on any atom is 0.229 e. The highest BCUT2D eigenvalue weighted by Crippen LogP contribution is 2.28. The third-order valence-electron chi connectivity index (χ3n) is 4.45. The average Bonchev–Trinajstić information content (AvgIpc) is 3.27. The topological polar surface area (TPSA) is 68.1 Å². The summed E-state index contributed by atoms with van der Waals surface area (Å²) >= 11 is 1.40. The van der Waals surface area contributed by atoms with Crippen LogP contribution in [0, 0.1) is 5.82 Å². The van der Waals surface area contributed by atoms with Crippen LogP contribution < -0.4 is 0 Å². The molecule has 1 aliphatic rings. The van der Waals surface area contributed by atoms with E-state index in [0.29, 0.717) is 23.3 Å². The summed E-state index contributed by atoms with van der Waals surface area (Å²) in [6.07, 6.45) is 0.570. The van der Waals surface area contributed by atoms with Crippen molar-refractivity contribution in [2.45, 2.75) is 18.0 Å². The second-order valence-electron chi connectivity index (χ2n) is 6.27. The first-order valence-electron chi connectivity index (χ1n) is 8.86. The minimum Gasteiger partial charge on any atom is -0.282 e. The Morgan fingerprint density at radius 2 is 1.61 bits per heavy atom. The summed E-state index contributed by atoms with van der Waals surface area (Å²) in [5.41, 5.74) is 1.62. The van der Waals surface area contributed by atoms with Gasteiger partial charge in [-0.2, -0.15) is 0 Å². The minimum absolute atomic E-state index is 0.129. The van der Waals surface area contributed by atoms with E-state index in [1.807, 2.05) is 34.9 Å². The van der Waals surface area contributed by atoms with Crippen molar-refractivity contribution in [3.05, 3.63) is 60.4 Å². The number of hydrogen-bond donors (Lipinski definition) is 0. The van der Waals surface area contributed by atoms with Gasteiger partial charge in [-0.05, 0) is 24.3 Å². The molecule has 28 heavy (non-hydrogen) atoms. The Bertz CT molecular complexity index is 989. The van der Waals surface area contributed by atoms with E-state index in [4.69, 9.17) is 0 Å². The SMILES string of the molecule is O=C1CCC(=O)N1CCSc1nnc(-c2ccccc2)n1-c1ccc(F)cc1. The van der Waals surface area contributed by atoms with Gasteiger partial charge < -0.3 is 0 Å². The first-order chi connectivity index (χ1) is 13.6. The first-order valence-corrected chi connectivity index (χ1v) is 9.85. The third kappa shape index (κ3) is 3.68. The van der Waals surface area contributed by atoms with Gasteiger partial charge in [-0.3, -0.25) is 19.1 Å². The van der Waals surface area contributed by atoms with Crippen molar-refractivity contribution >= 4 is 23.6 Å². The molecule has 2 aromatic carbocycles. The second kappa shape index (κ2) is 7.93. The largest absolute Gasteiger partial charge is 0.282 e. The number of amides is 2. The van der Waals surface area contributed by atoms with Crippen molar-refractivity contribution in [2.24, 2.45) is 0 Å². The number of imide groups is 1. The molecule has 4 rings (SSSR count). The van der Waals surface area contributed by atoms with Crippen LogP contribution in [0.4, 0.5) is 4.39 Å². The molecule has 2 heterocycles. The van der Waals surface area contributed by atoms with Gasteiger partial charge in [0.05, 0.1) is 0 Å². The fourth-order valence-corrected chi connectivity index (χ4v) is 3.94. The quantitative estimate of drug-likeness (QED) is 0.472. The monoisotopic (exact) mass is 396 g/mol. The number of halogens is 1. The zero-order chi connectivity index (χ0) is 19.5. The standard InChI is InChI=1S/C20H17FN4O2S/c21-15-6-8-16(9-7-15)25-19(14-4-2-1-3-5-14)22-23-20(25)28-13-12-24-17(26)10-11-18(24)27/h1-9H,10-13H2. The molecule has 1 saturated heterocycles. The molecular formula is C20H17FN4O2S. The summed E-state index contributed by atoms with van der Waals surface area (Å²) in [6, 6.07) is 15.7. The summed E-state index contributed by atoms with van der Waals surface area (Å²) in [5, 5.41) is 9.22. The van der Waals surface area contributed by atoms with E-state index in [0.717, 1.165) is 11.3 Å². The van der Waals surface area contributed by atoms with Crippen molar-refractivity contribution in [2.75, 3.05) is 12.3 Å². The Balaban J connectivity index is 1.62. The van der Waals surface area contributed by atoms with E-state index >= 15 is 0 Å². The van der Waals surface area contributed by atoms with Crippen LogP contribution in [0.5, 0.6) is 0 Å². The van der Waals surface area contributed by atoms with E-state index in [2.05, 4.69) is 10.2 Å². The van der Waals surface area contributed by atoms with Crippen LogP contribution in [-0.2, 0) is 9.59 Å². The molecule has 0 radical (unpaired) electrons. The van der Waals surface area contributed by atoms with Crippen LogP contribution in [0.3, 0.4) is 0 Å². The Labute approximate surface area is 165 Å². The molecule has 0 atom stereocenters. The fourth-order valence-electron chi connectivity index (χ4n) is 3.06. The molecule has 0 N–H and O–H groups in total. The number of carbonyl (C=O) groups excluding carboxylic acids is 2. The van der Waals surface area contributed by atoms with Gasteiger partial charge in [0.2, 0.25) is 11.8 Å². The molecule has 1 aromatic heterocycles. The highest BCUT2D eigenvalue weighted by molar-refractivity contribution is 7.99. The summed E-state index contributed by atoms with van der Waals surface area (Å²) in [4.78, 5) is 24.8. The highest BCUT2D eigenvalue weighted by Gasteiger charge is 2.28. The molecule has 0 aliphatic carbocycles. The van der Waals surface area contributed by atoms with E-state index in [-0.39, 0.29) is 30.5 Å². The zero-order valence-electron chi connectivity index (χ0n) is 14.9. The number of likely N-dealkylation sites (tertiary alicyclic amines) is 1. The summed E-state index contributed by atoms with van der Waals surface area (Å²) < 4.78 is 15.2. The number of carbonyl (C=O) groups is 2. The summed E-state index contributed by atoms with van der Waals surface area (Å²) in [6.45, 7) is 0.333. The van der Waals surface area contributed by atoms with Crippen molar-refractivity contribution in [1.29, 1.82) is 0 Å². The van der Waals surface area contributed by atoms with Crippen LogP contribution in [0.1, 0.15) is 12.8 Å². The van der Waals surface area contributed by atoms with E-state index < -0.39 is 0 Å². The Hall–Kier alpha value is -3.00. The second-order valence-corrected chi connectivity index (χ2v) is 7.33. The number of thioether (sulfide) groups is 1. The van der Waals surface area contributed by atoms with Crippen molar-refractivity contribution in [3.8, 4) is 17.1 Å². The van der Waals surface area contributed by atoms with Gasteiger partial charge in [0.15, 0.2) is 11.0 Å². The Kier molecular flexibility index (Phi) is 5.21. The molecule has 1 aliphatic heterocycles. The van der Waals surface area contributed by atoms with Crippen LogP contribution in [-0.4, -0.2) is 43.8 Å². The lowest BCUT2D eigenvalue weighted by molar-refractivity contribution is -0.137. The molecule has 2 amide bonds. The van der Waals surface area contributed by atoms with Crippen molar-refractivity contribution in [3.63, 3.8) is 0 Å². The molecule has 0 unspecified atom stereocenters. The van der Waals surface area contributed by atoms with Gasteiger partial charge >= 0.3 is 0 Å². The summed E-state index contributed by atoms with van der Waals surface area (Å²) in [7, 11) is 0. The minimum atomic E-state index is -0.321.